The number of likely N-dealkylation sites (tertiary alicyclic amines) is 1. The van der Waals surface area contributed by atoms with Crippen LogP contribution >= 0.6 is 0 Å². The average Bonchev–Trinajstić information content (AvgIpc) is 3.22. The Morgan fingerprint density at radius 3 is 2.85 bits per heavy atom. The molecule has 0 aliphatic carbocycles. The van der Waals surface area contributed by atoms with Gasteiger partial charge < -0.3 is 18.9 Å². The topological polar surface area (TPSA) is 64.8 Å². The van der Waals surface area contributed by atoms with Gasteiger partial charge in [-0.05, 0) is 76.5 Å². The number of rotatable bonds is 7. The molecule has 2 aliphatic rings. The third-order valence-electron chi connectivity index (χ3n) is 6.63. The van der Waals surface area contributed by atoms with Gasteiger partial charge in [0.25, 0.3) is 0 Å². The molecule has 3 heterocycles. The molecular formula is C26H29FN2O4. The van der Waals surface area contributed by atoms with Crippen molar-refractivity contribution in [2.75, 3.05) is 26.2 Å². The van der Waals surface area contributed by atoms with Gasteiger partial charge >= 0.3 is 0 Å². The Bertz CT molecular complexity index is 1140. The summed E-state index contributed by atoms with van der Waals surface area (Å²) in [4.78, 5) is 14.6. The van der Waals surface area contributed by atoms with Crippen molar-refractivity contribution in [2.45, 2.75) is 51.0 Å². The van der Waals surface area contributed by atoms with E-state index < -0.39 is 0 Å². The van der Waals surface area contributed by atoms with Crippen LogP contribution in [0.3, 0.4) is 0 Å². The van der Waals surface area contributed by atoms with E-state index in [1.165, 1.54) is 12.1 Å². The van der Waals surface area contributed by atoms with Crippen molar-refractivity contribution in [3.8, 4) is 11.5 Å². The number of ether oxygens (including phenoxy) is 2. The summed E-state index contributed by atoms with van der Waals surface area (Å²) in [5.74, 6) is 1.57. The minimum Gasteiger partial charge on any atom is -0.493 e. The summed E-state index contributed by atoms with van der Waals surface area (Å²) in [6, 6.07) is 10.1. The van der Waals surface area contributed by atoms with E-state index in [-0.39, 0.29) is 17.7 Å². The SMILES string of the molecule is CC1CC(=O)c2ccc(OCCCCN3CCC(c4noc5cc(F)ccc45)CC3)cc2O1. The fourth-order valence-electron chi connectivity index (χ4n) is 4.83. The van der Waals surface area contributed by atoms with Crippen LogP contribution in [-0.2, 0) is 0 Å². The van der Waals surface area contributed by atoms with Crippen LogP contribution < -0.4 is 9.47 Å². The number of halogens is 1. The molecule has 0 N–H and O–H groups in total. The van der Waals surface area contributed by atoms with Crippen LogP contribution in [0.25, 0.3) is 11.0 Å². The van der Waals surface area contributed by atoms with E-state index in [4.69, 9.17) is 14.0 Å². The van der Waals surface area contributed by atoms with Crippen LogP contribution in [-0.4, -0.2) is 48.2 Å². The maximum atomic E-state index is 13.4. The zero-order chi connectivity index (χ0) is 22.8. The lowest BCUT2D eigenvalue weighted by Gasteiger charge is -2.31. The second kappa shape index (κ2) is 9.51. The summed E-state index contributed by atoms with van der Waals surface area (Å²) in [5.41, 5.74) is 2.14. The van der Waals surface area contributed by atoms with Crippen molar-refractivity contribution < 1.29 is 23.2 Å². The van der Waals surface area contributed by atoms with Crippen LogP contribution in [0.5, 0.6) is 11.5 Å². The Balaban J connectivity index is 1.04. The summed E-state index contributed by atoms with van der Waals surface area (Å²) in [6.45, 7) is 5.64. The first-order valence-electron chi connectivity index (χ1n) is 11.8. The normalized spacial score (nSPS) is 19.5. The van der Waals surface area contributed by atoms with Gasteiger partial charge in [-0.2, -0.15) is 0 Å². The molecule has 2 aromatic carbocycles. The maximum absolute atomic E-state index is 13.4. The predicted molar refractivity (Wildman–Crippen MR) is 123 cm³/mol. The molecule has 0 radical (unpaired) electrons. The number of fused-ring (bicyclic) bond motifs is 2. The number of piperidine rings is 1. The quantitative estimate of drug-likeness (QED) is 0.450. The van der Waals surface area contributed by atoms with Gasteiger partial charge in [0.2, 0.25) is 0 Å². The third-order valence-corrected chi connectivity index (χ3v) is 6.63. The molecule has 2 aliphatic heterocycles. The lowest BCUT2D eigenvalue weighted by atomic mass is 9.91. The van der Waals surface area contributed by atoms with Crippen LogP contribution in [0.2, 0.25) is 0 Å². The molecule has 1 unspecified atom stereocenters. The van der Waals surface area contributed by atoms with E-state index in [9.17, 15) is 9.18 Å². The Hall–Kier alpha value is -2.93. The molecule has 0 bridgehead atoms. The van der Waals surface area contributed by atoms with Gasteiger partial charge in [0.1, 0.15) is 23.4 Å². The monoisotopic (exact) mass is 452 g/mol. The van der Waals surface area contributed by atoms with Gasteiger partial charge in [0, 0.05) is 29.9 Å². The molecule has 0 amide bonds. The molecule has 1 aromatic heterocycles. The van der Waals surface area contributed by atoms with Crippen LogP contribution in [0.15, 0.2) is 40.9 Å². The zero-order valence-electron chi connectivity index (χ0n) is 18.9. The molecule has 7 heteroatoms. The summed E-state index contributed by atoms with van der Waals surface area (Å²) < 4.78 is 30.4. The first-order valence-corrected chi connectivity index (χ1v) is 11.8. The van der Waals surface area contributed by atoms with Crippen LogP contribution in [0.1, 0.15) is 61.0 Å². The number of hydrogen-bond donors (Lipinski definition) is 0. The summed E-state index contributed by atoms with van der Waals surface area (Å²) >= 11 is 0. The largest absolute Gasteiger partial charge is 0.493 e. The smallest absolute Gasteiger partial charge is 0.170 e. The number of Topliss-reactive ketones (excluding diaryl/α,β-unsaturated/α-hetero) is 1. The number of unbranched alkanes of at least 4 members (excludes halogenated alkanes) is 1. The molecule has 5 rings (SSSR count). The molecule has 1 atom stereocenters. The number of hydrogen-bond acceptors (Lipinski definition) is 6. The van der Waals surface area contributed by atoms with Crippen molar-refractivity contribution in [3.63, 3.8) is 0 Å². The summed E-state index contributed by atoms with van der Waals surface area (Å²) in [7, 11) is 0. The van der Waals surface area contributed by atoms with Crippen LogP contribution in [0.4, 0.5) is 4.39 Å². The number of aromatic nitrogens is 1. The molecular weight excluding hydrogens is 423 g/mol. The Labute approximate surface area is 192 Å². The molecule has 33 heavy (non-hydrogen) atoms. The van der Waals surface area contributed by atoms with Gasteiger partial charge in [-0.3, -0.25) is 4.79 Å². The highest BCUT2D eigenvalue weighted by Gasteiger charge is 2.25. The first-order chi connectivity index (χ1) is 16.1. The van der Waals surface area contributed by atoms with Crippen molar-refractivity contribution in [1.82, 2.24) is 10.1 Å². The second-order valence-electron chi connectivity index (χ2n) is 9.09. The second-order valence-corrected chi connectivity index (χ2v) is 9.09. The number of carbonyl (C=O) groups is 1. The van der Waals surface area contributed by atoms with Gasteiger partial charge in [-0.25, -0.2) is 4.39 Å². The highest BCUT2D eigenvalue weighted by Crippen LogP contribution is 2.33. The number of ketones is 1. The van der Waals surface area contributed by atoms with Gasteiger partial charge in [0.15, 0.2) is 11.4 Å². The van der Waals surface area contributed by atoms with Gasteiger partial charge in [0.05, 0.1) is 17.9 Å². The van der Waals surface area contributed by atoms with Crippen molar-refractivity contribution in [3.05, 3.63) is 53.5 Å². The maximum Gasteiger partial charge on any atom is 0.170 e. The minimum absolute atomic E-state index is 0.0876. The Morgan fingerprint density at radius 1 is 1.15 bits per heavy atom. The van der Waals surface area contributed by atoms with Crippen molar-refractivity contribution >= 4 is 16.8 Å². The van der Waals surface area contributed by atoms with E-state index >= 15 is 0 Å². The Morgan fingerprint density at radius 2 is 2.00 bits per heavy atom. The minimum atomic E-state index is -0.298. The molecule has 3 aromatic rings. The van der Waals surface area contributed by atoms with E-state index in [0.717, 1.165) is 62.1 Å². The molecule has 0 spiro atoms. The van der Waals surface area contributed by atoms with Gasteiger partial charge in [-0.1, -0.05) is 5.16 Å². The highest BCUT2D eigenvalue weighted by atomic mass is 19.1. The summed E-state index contributed by atoms with van der Waals surface area (Å²) in [5, 5.41) is 5.16. The van der Waals surface area contributed by atoms with Crippen molar-refractivity contribution in [2.24, 2.45) is 0 Å². The lowest BCUT2D eigenvalue weighted by molar-refractivity contribution is 0.0870. The van der Waals surface area contributed by atoms with E-state index in [1.54, 1.807) is 12.1 Å². The standard InChI is InChI=1S/C26H29FN2O4/c1-17-14-23(30)21-7-5-20(16-24(21)32-17)31-13-3-2-10-29-11-8-18(9-12-29)26-22-6-4-19(27)15-25(22)33-28-26/h4-7,15-18H,2-3,8-14H2,1H3. The third kappa shape index (κ3) is 4.88. The predicted octanol–water partition coefficient (Wildman–Crippen LogP) is 5.36. The number of carbonyl (C=O) groups excluding carboxylic acids is 1. The lowest BCUT2D eigenvalue weighted by Crippen LogP contribution is -2.34. The van der Waals surface area contributed by atoms with E-state index in [2.05, 4.69) is 10.1 Å². The molecule has 1 saturated heterocycles. The fraction of sp³-hybridized carbons (Fsp3) is 0.462. The first kappa shape index (κ1) is 21.9. The Kier molecular flexibility index (Phi) is 6.31. The fourth-order valence-corrected chi connectivity index (χ4v) is 4.83. The number of benzene rings is 2. The zero-order valence-corrected chi connectivity index (χ0v) is 18.9. The van der Waals surface area contributed by atoms with Gasteiger partial charge in [-0.15, -0.1) is 0 Å². The molecule has 174 valence electrons. The van der Waals surface area contributed by atoms with Crippen molar-refractivity contribution in [1.29, 1.82) is 0 Å². The summed E-state index contributed by atoms with van der Waals surface area (Å²) in [6.07, 6.45) is 4.43. The molecule has 0 saturated carbocycles. The number of nitrogens with zero attached hydrogens (tertiary/aromatic N) is 2. The molecule has 6 nitrogen and oxygen atoms in total. The average molecular weight is 453 g/mol. The van der Waals surface area contributed by atoms with Crippen LogP contribution in [0, 0.1) is 5.82 Å². The highest BCUT2D eigenvalue weighted by molar-refractivity contribution is 6.00. The van der Waals surface area contributed by atoms with E-state index in [0.29, 0.717) is 35.8 Å². The van der Waals surface area contributed by atoms with E-state index in [1.807, 2.05) is 19.1 Å². The molecule has 1 fully saturated rings.